The summed E-state index contributed by atoms with van der Waals surface area (Å²) in [5, 5.41) is 7.67. The minimum absolute atomic E-state index is 1.01. The largest absolute Gasteiger partial charge is 0.314 e. The van der Waals surface area contributed by atoms with Crippen LogP contribution in [0.25, 0.3) is 49.0 Å². The van der Waals surface area contributed by atoms with Gasteiger partial charge in [-0.1, -0.05) is 115 Å². The SMILES string of the molecule is C1=CCCC(N(c2ccccc2)c2ccc3c(c2)c2c4c(ccc2n3-c2cc3ccccc3c3ccccc23)Sc2ccccc2S4)=C1. The molecule has 7 aromatic carbocycles. The van der Waals surface area contributed by atoms with Gasteiger partial charge in [0.2, 0.25) is 0 Å². The van der Waals surface area contributed by atoms with Crippen molar-refractivity contribution in [3.05, 3.63) is 163 Å². The van der Waals surface area contributed by atoms with Crippen LogP contribution < -0.4 is 4.90 Å². The van der Waals surface area contributed by atoms with E-state index in [0.29, 0.717) is 0 Å². The molecule has 0 amide bonds. The van der Waals surface area contributed by atoms with Gasteiger partial charge in [-0.15, -0.1) is 0 Å². The molecule has 0 saturated heterocycles. The van der Waals surface area contributed by atoms with Crippen LogP contribution in [-0.2, 0) is 0 Å². The maximum atomic E-state index is 2.52. The molecule has 1 aromatic heterocycles. The summed E-state index contributed by atoms with van der Waals surface area (Å²) < 4.78 is 2.52. The summed E-state index contributed by atoms with van der Waals surface area (Å²) in [4.78, 5) is 7.75. The number of para-hydroxylation sites is 1. The van der Waals surface area contributed by atoms with Gasteiger partial charge in [-0.05, 0) is 95.7 Å². The first-order valence-corrected chi connectivity index (χ1v) is 18.1. The van der Waals surface area contributed by atoms with Gasteiger partial charge in [0.1, 0.15) is 0 Å². The molecule has 0 radical (unpaired) electrons. The molecule has 0 bridgehead atoms. The Labute approximate surface area is 288 Å². The summed E-state index contributed by atoms with van der Waals surface area (Å²) >= 11 is 3.80. The lowest BCUT2D eigenvalue weighted by Gasteiger charge is -2.29. The van der Waals surface area contributed by atoms with Gasteiger partial charge >= 0.3 is 0 Å². The van der Waals surface area contributed by atoms with Crippen LogP contribution in [0.2, 0.25) is 0 Å². The summed E-state index contributed by atoms with van der Waals surface area (Å²) in [6, 6.07) is 51.4. The van der Waals surface area contributed by atoms with Gasteiger partial charge in [-0.25, -0.2) is 0 Å². The van der Waals surface area contributed by atoms with Crippen molar-refractivity contribution in [2.24, 2.45) is 0 Å². The fraction of sp³-hybridized carbons (Fsp3) is 0.0455. The number of fused-ring (bicyclic) bond motifs is 9. The van der Waals surface area contributed by atoms with Crippen molar-refractivity contribution < 1.29 is 0 Å². The third-order valence-corrected chi connectivity index (χ3v) is 12.2. The van der Waals surface area contributed by atoms with Crippen LogP contribution in [0.4, 0.5) is 11.4 Å². The normalized spacial score (nSPS) is 14.0. The number of rotatable bonds is 4. The van der Waals surface area contributed by atoms with Crippen molar-refractivity contribution in [3.8, 4) is 5.69 Å². The van der Waals surface area contributed by atoms with E-state index in [1.54, 1.807) is 0 Å². The molecular formula is C44H30N2S2. The fourth-order valence-corrected chi connectivity index (χ4v) is 9.93. The number of benzene rings is 7. The van der Waals surface area contributed by atoms with E-state index in [1.165, 1.54) is 85.7 Å². The van der Waals surface area contributed by atoms with Crippen molar-refractivity contribution in [1.29, 1.82) is 0 Å². The average Bonchev–Trinajstić information content (AvgIpc) is 3.48. The second kappa shape index (κ2) is 11.2. The van der Waals surface area contributed by atoms with Crippen LogP contribution in [-0.4, -0.2) is 4.57 Å². The third kappa shape index (κ3) is 4.37. The van der Waals surface area contributed by atoms with Gasteiger partial charge in [0.15, 0.2) is 0 Å². The van der Waals surface area contributed by atoms with Gasteiger partial charge in [-0.2, -0.15) is 0 Å². The van der Waals surface area contributed by atoms with E-state index in [-0.39, 0.29) is 0 Å². The number of hydrogen-bond donors (Lipinski definition) is 0. The summed E-state index contributed by atoms with van der Waals surface area (Å²) in [5.41, 5.74) is 7.35. The lowest BCUT2D eigenvalue weighted by atomic mass is 10.00. The molecule has 2 nitrogen and oxygen atoms in total. The van der Waals surface area contributed by atoms with Crippen LogP contribution in [0, 0.1) is 0 Å². The van der Waals surface area contributed by atoms with Crippen molar-refractivity contribution in [2.45, 2.75) is 32.4 Å². The quantitative estimate of drug-likeness (QED) is 0.175. The predicted octanol–water partition coefficient (Wildman–Crippen LogP) is 13.1. The molecule has 4 heteroatoms. The topological polar surface area (TPSA) is 8.17 Å². The molecule has 8 aromatic rings. The zero-order valence-electron chi connectivity index (χ0n) is 26.1. The first kappa shape index (κ1) is 27.9. The molecule has 1 aliphatic carbocycles. The monoisotopic (exact) mass is 650 g/mol. The minimum Gasteiger partial charge on any atom is -0.314 e. The first-order chi connectivity index (χ1) is 23.8. The van der Waals surface area contributed by atoms with E-state index in [1.807, 2.05) is 23.5 Å². The number of hydrogen-bond acceptors (Lipinski definition) is 3. The number of nitrogens with zero attached hydrogens (tertiary/aromatic N) is 2. The van der Waals surface area contributed by atoms with Crippen LogP contribution in [0.1, 0.15) is 12.8 Å². The van der Waals surface area contributed by atoms with E-state index >= 15 is 0 Å². The predicted molar refractivity (Wildman–Crippen MR) is 206 cm³/mol. The van der Waals surface area contributed by atoms with Gasteiger partial charge < -0.3 is 9.47 Å². The van der Waals surface area contributed by atoms with Gasteiger partial charge in [0.25, 0.3) is 0 Å². The van der Waals surface area contributed by atoms with Crippen LogP contribution in [0.3, 0.4) is 0 Å². The Morgan fingerprint density at radius 1 is 0.542 bits per heavy atom. The Kier molecular flexibility index (Phi) is 6.53. The van der Waals surface area contributed by atoms with Gasteiger partial charge in [0, 0.05) is 52.8 Å². The molecule has 2 heterocycles. The summed E-state index contributed by atoms with van der Waals surface area (Å²) in [6.45, 7) is 0. The Balaban J connectivity index is 1.30. The van der Waals surface area contributed by atoms with Gasteiger partial charge in [0.05, 0.1) is 16.7 Å². The molecule has 2 aliphatic rings. The summed E-state index contributed by atoms with van der Waals surface area (Å²) in [6.07, 6.45) is 8.79. The molecule has 0 spiro atoms. The second-order valence-corrected chi connectivity index (χ2v) is 14.6. The number of aromatic nitrogens is 1. The van der Waals surface area contributed by atoms with Crippen molar-refractivity contribution >= 4 is 78.2 Å². The van der Waals surface area contributed by atoms with Crippen molar-refractivity contribution in [2.75, 3.05) is 4.90 Å². The van der Waals surface area contributed by atoms with Crippen LogP contribution in [0.5, 0.6) is 0 Å². The highest BCUT2D eigenvalue weighted by atomic mass is 32.2. The second-order valence-electron chi connectivity index (χ2n) is 12.4. The van der Waals surface area contributed by atoms with Crippen LogP contribution >= 0.6 is 23.5 Å². The maximum absolute atomic E-state index is 2.52. The first-order valence-electron chi connectivity index (χ1n) is 16.5. The maximum Gasteiger partial charge on any atom is 0.0553 e. The third-order valence-electron chi connectivity index (χ3n) is 9.65. The van der Waals surface area contributed by atoms with Crippen LogP contribution in [0.15, 0.2) is 183 Å². The Bertz CT molecular complexity index is 2630. The molecule has 228 valence electrons. The number of allylic oxidation sites excluding steroid dienone is 4. The zero-order valence-corrected chi connectivity index (χ0v) is 27.8. The molecule has 0 unspecified atom stereocenters. The minimum atomic E-state index is 1.01. The molecule has 10 rings (SSSR count). The number of anilines is 2. The van der Waals surface area contributed by atoms with E-state index in [2.05, 4.69) is 167 Å². The molecule has 1 aliphatic heterocycles. The lowest BCUT2D eigenvalue weighted by Crippen LogP contribution is -2.17. The van der Waals surface area contributed by atoms with E-state index in [4.69, 9.17) is 0 Å². The standard InChI is InChI=1S/C44H30N2S2/c1-3-14-30(15-4-1)45(31-16-5-2-6-17-31)32-23-24-37-36(28-32)43-38(25-26-42-44(43)48-41-22-12-11-21-40(41)47-42)46(37)39-27-29-13-7-8-18-33(29)34-19-9-10-20-35(34)39/h1-5,7-16,18-28H,6,17H2. The van der Waals surface area contributed by atoms with Crippen molar-refractivity contribution in [3.63, 3.8) is 0 Å². The van der Waals surface area contributed by atoms with E-state index in [9.17, 15) is 0 Å². The molecule has 0 N–H and O–H groups in total. The highest BCUT2D eigenvalue weighted by Gasteiger charge is 2.25. The zero-order chi connectivity index (χ0) is 31.6. The van der Waals surface area contributed by atoms with Gasteiger partial charge in [-0.3, -0.25) is 0 Å². The lowest BCUT2D eigenvalue weighted by molar-refractivity contribution is 0.918. The Morgan fingerprint density at radius 3 is 2.10 bits per heavy atom. The van der Waals surface area contributed by atoms with Crippen molar-refractivity contribution in [1.82, 2.24) is 4.57 Å². The average molecular weight is 651 g/mol. The van der Waals surface area contributed by atoms with E-state index < -0.39 is 0 Å². The Hall–Kier alpha value is -5.16. The molecule has 0 saturated carbocycles. The molecule has 48 heavy (non-hydrogen) atoms. The summed E-state index contributed by atoms with van der Waals surface area (Å²) in [7, 11) is 0. The Morgan fingerprint density at radius 2 is 1.27 bits per heavy atom. The molecular weight excluding hydrogens is 621 g/mol. The smallest absolute Gasteiger partial charge is 0.0553 e. The molecule has 0 atom stereocenters. The van der Waals surface area contributed by atoms with E-state index in [0.717, 1.165) is 12.8 Å². The highest BCUT2D eigenvalue weighted by molar-refractivity contribution is 8.05. The fourth-order valence-electron chi connectivity index (χ4n) is 7.53. The highest BCUT2D eigenvalue weighted by Crippen LogP contribution is 2.53. The molecule has 0 fully saturated rings. The summed E-state index contributed by atoms with van der Waals surface area (Å²) in [5.74, 6) is 0.